The number of nitrogens with two attached hydrogens (primary N) is 1. The summed E-state index contributed by atoms with van der Waals surface area (Å²) in [6.45, 7) is 13.5. The number of primary amides is 1. The fraction of sp³-hybridized carbons (Fsp3) is 0.933. The Balaban J connectivity index is 4.63. The molecule has 0 saturated carbocycles. The van der Waals surface area contributed by atoms with Crippen LogP contribution in [-0.4, -0.2) is 42.0 Å². The van der Waals surface area contributed by atoms with E-state index in [1.807, 2.05) is 13.8 Å². The van der Waals surface area contributed by atoms with Crippen molar-refractivity contribution in [1.29, 1.82) is 0 Å². The highest BCUT2D eigenvalue weighted by Crippen LogP contribution is 2.19. The quantitative estimate of drug-likeness (QED) is 0.674. The lowest BCUT2D eigenvalue weighted by atomic mass is 9.91. The zero-order valence-corrected chi connectivity index (χ0v) is 13.8. The van der Waals surface area contributed by atoms with Gasteiger partial charge in [-0.15, -0.1) is 0 Å². The fourth-order valence-corrected chi connectivity index (χ4v) is 2.67. The zero-order valence-electron chi connectivity index (χ0n) is 13.8. The van der Waals surface area contributed by atoms with Gasteiger partial charge < -0.3 is 16.0 Å². The maximum atomic E-state index is 11.7. The summed E-state index contributed by atoms with van der Waals surface area (Å²) in [5.74, 6) is 0.409. The summed E-state index contributed by atoms with van der Waals surface area (Å²) in [5.41, 5.74) is 4.92. The molecular formula is C15H33N3O. The van der Waals surface area contributed by atoms with Crippen molar-refractivity contribution >= 4 is 5.91 Å². The van der Waals surface area contributed by atoms with Crippen molar-refractivity contribution in [2.24, 2.45) is 11.7 Å². The average molecular weight is 271 g/mol. The third kappa shape index (κ3) is 5.91. The molecule has 19 heavy (non-hydrogen) atoms. The second-order valence-electron chi connectivity index (χ2n) is 6.42. The van der Waals surface area contributed by atoms with Crippen molar-refractivity contribution in [1.82, 2.24) is 10.2 Å². The Hall–Kier alpha value is -0.610. The van der Waals surface area contributed by atoms with Crippen molar-refractivity contribution in [3.8, 4) is 0 Å². The van der Waals surface area contributed by atoms with E-state index in [0.717, 1.165) is 19.4 Å². The monoisotopic (exact) mass is 271 g/mol. The lowest BCUT2D eigenvalue weighted by Crippen LogP contribution is -2.56. The van der Waals surface area contributed by atoms with Gasteiger partial charge in [-0.3, -0.25) is 4.79 Å². The van der Waals surface area contributed by atoms with E-state index in [4.69, 9.17) is 5.73 Å². The summed E-state index contributed by atoms with van der Waals surface area (Å²) in [7, 11) is 2.13. The third-order valence-electron chi connectivity index (χ3n) is 4.02. The second-order valence-corrected chi connectivity index (χ2v) is 6.42. The van der Waals surface area contributed by atoms with Crippen LogP contribution in [0.5, 0.6) is 0 Å². The van der Waals surface area contributed by atoms with E-state index in [0.29, 0.717) is 18.0 Å². The Kier molecular flexibility index (Phi) is 7.60. The molecule has 0 fully saturated rings. The van der Waals surface area contributed by atoms with Gasteiger partial charge in [-0.2, -0.15) is 0 Å². The van der Waals surface area contributed by atoms with Gasteiger partial charge in [0.15, 0.2) is 0 Å². The van der Waals surface area contributed by atoms with Crippen LogP contribution in [0.15, 0.2) is 0 Å². The molecule has 0 heterocycles. The lowest BCUT2D eigenvalue weighted by Gasteiger charge is -2.37. The number of carbonyl (C=O) groups excluding carboxylic acids is 1. The maximum Gasteiger partial charge on any atom is 0.237 e. The smallest absolute Gasteiger partial charge is 0.237 e. The molecule has 4 nitrogen and oxygen atoms in total. The number of nitrogens with one attached hydrogen (secondary N) is 1. The van der Waals surface area contributed by atoms with Crippen molar-refractivity contribution in [2.75, 3.05) is 13.6 Å². The summed E-state index contributed by atoms with van der Waals surface area (Å²) >= 11 is 0. The number of hydrogen-bond donors (Lipinski definition) is 2. The van der Waals surface area contributed by atoms with E-state index in [-0.39, 0.29) is 5.91 Å². The number of likely N-dealkylation sites (N-methyl/N-ethyl adjacent to an activating group) is 1. The zero-order chi connectivity index (χ0) is 15.2. The van der Waals surface area contributed by atoms with Crippen LogP contribution >= 0.6 is 0 Å². The van der Waals surface area contributed by atoms with E-state index in [9.17, 15) is 4.79 Å². The number of rotatable bonds is 9. The van der Waals surface area contributed by atoms with Gasteiger partial charge in [-0.25, -0.2) is 0 Å². The minimum atomic E-state index is -0.625. The number of nitrogens with zero attached hydrogens (tertiary/aromatic N) is 1. The standard InChI is InChI=1S/C15H33N3O/c1-8-17-15(6,14(16)19)10-13(5)18(7)12(4)9-11(2)3/h11-13,17H,8-10H2,1-7H3,(H2,16,19). The third-order valence-corrected chi connectivity index (χ3v) is 4.02. The normalized spacial score (nSPS) is 18.4. The van der Waals surface area contributed by atoms with Gasteiger partial charge in [0.05, 0.1) is 5.54 Å². The molecule has 0 aromatic carbocycles. The van der Waals surface area contributed by atoms with Crippen LogP contribution in [0.1, 0.15) is 54.4 Å². The molecule has 0 rings (SSSR count). The molecule has 0 bridgehead atoms. The first-order chi connectivity index (χ1) is 8.64. The minimum absolute atomic E-state index is 0.272. The van der Waals surface area contributed by atoms with Crippen LogP contribution in [0.4, 0.5) is 0 Å². The van der Waals surface area contributed by atoms with Gasteiger partial charge in [-0.05, 0) is 53.1 Å². The van der Waals surface area contributed by atoms with E-state index < -0.39 is 5.54 Å². The topological polar surface area (TPSA) is 58.4 Å². The van der Waals surface area contributed by atoms with Crippen molar-refractivity contribution in [3.63, 3.8) is 0 Å². The summed E-state index contributed by atoms with van der Waals surface area (Å²) in [6.07, 6.45) is 1.89. The molecule has 4 heteroatoms. The van der Waals surface area contributed by atoms with Gasteiger partial charge in [0.25, 0.3) is 0 Å². The van der Waals surface area contributed by atoms with Crippen LogP contribution in [-0.2, 0) is 4.79 Å². The van der Waals surface area contributed by atoms with Crippen LogP contribution in [0, 0.1) is 5.92 Å². The Morgan fingerprint density at radius 1 is 1.26 bits per heavy atom. The Labute approximate surface area is 119 Å². The van der Waals surface area contributed by atoms with Gasteiger partial charge in [0.1, 0.15) is 0 Å². The van der Waals surface area contributed by atoms with Crippen molar-refractivity contribution in [3.05, 3.63) is 0 Å². The largest absolute Gasteiger partial charge is 0.368 e. The second kappa shape index (κ2) is 7.85. The molecule has 3 atom stereocenters. The highest BCUT2D eigenvalue weighted by Gasteiger charge is 2.33. The Morgan fingerprint density at radius 2 is 1.79 bits per heavy atom. The molecule has 0 aromatic rings. The SMILES string of the molecule is CCNC(C)(CC(C)N(C)C(C)CC(C)C)C(N)=O. The van der Waals surface area contributed by atoms with Gasteiger partial charge in [0.2, 0.25) is 5.91 Å². The number of amides is 1. The first-order valence-corrected chi connectivity index (χ1v) is 7.40. The molecule has 0 aliphatic carbocycles. The first kappa shape index (κ1) is 18.4. The van der Waals surface area contributed by atoms with Crippen LogP contribution in [0.3, 0.4) is 0 Å². The Bertz CT molecular complexity index is 281. The van der Waals surface area contributed by atoms with Crippen molar-refractivity contribution < 1.29 is 4.79 Å². The minimum Gasteiger partial charge on any atom is -0.368 e. The molecule has 0 radical (unpaired) electrons. The van der Waals surface area contributed by atoms with E-state index in [1.54, 1.807) is 0 Å². The molecule has 0 aromatic heterocycles. The molecule has 3 N–H and O–H groups in total. The molecule has 3 unspecified atom stereocenters. The highest BCUT2D eigenvalue weighted by molar-refractivity contribution is 5.84. The lowest BCUT2D eigenvalue weighted by molar-refractivity contribution is -0.124. The Morgan fingerprint density at radius 3 is 2.16 bits per heavy atom. The van der Waals surface area contributed by atoms with Gasteiger partial charge in [-0.1, -0.05) is 20.8 Å². The fourth-order valence-electron chi connectivity index (χ4n) is 2.67. The predicted molar refractivity (Wildman–Crippen MR) is 82.0 cm³/mol. The summed E-state index contributed by atoms with van der Waals surface area (Å²) in [4.78, 5) is 14.0. The van der Waals surface area contributed by atoms with E-state index in [2.05, 4.69) is 45.0 Å². The molecule has 0 aliphatic rings. The number of hydrogen-bond acceptors (Lipinski definition) is 3. The molecular weight excluding hydrogens is 238 g/mol. The average Bonchev–Trinajstić information content (AvgIpc) is 2.26. The van der Waals surface area contributed by atoms with Crippen molar-refractivity contribution in [2.45, 2.75) is 72.0 Å². The van der Waals surface area contributed by atoms with Crippen LogP contribution in [0.25, 0.3) is 0 Å². The maximum absolute atomic E-state index is 11.7. The van der Waals surface area contributed by atoms with Gasteiger partial charge in [0, 0.05) is 12.1 Å². The first-order valence-electron chi connectivity index (χ1n) is 7.40. The predicted octanol–water partition coefficient (Wildman–Crippen LogP) is 1.98. The van der Waals surface area contributed by atoms with Crippen LogP contribution in [0.2, 0.25) is 0 Å². The molecule has 0 saturated heterocycles. The molecule has 0 aliphatic heterocycles. The molecule has 114 valence electrons. The van der Waals surface area contributed by atoms with Crippen LogP contribution < -0.4 is 11.1 Å². The van der Waals surface area contributed by atoms with Gasteiger partial charge >= 0.3 is 0 Å². The molecule has 1 amide bonds. The van der Waals surface area contributed by atoms with E-state index in [1.165, 1.54) is 0 Å². The number of carbonyl (C=O) groups is 1. The summed E-state index contributed by atoms with van der Waals surface area (Å²) in [5, 5.41) is 3.22. The molecule has 0 spiro atoms. The van der Waals surface area contributed by atoms with E-state index >= 15 is 0 Å². The summed E-state index contributed by atoms with van der Waals surface area (Å²) in [6, 6.07) is 0.819. The summed E-state index contributed by atoms with van der Waals surface area (Å²) < 4.78 is 0. The highest BCUT2D eigenvalue weighted by atomic mass is 16.1.